The highest BCUT2D eigenvalue weighted by molar-refractivity contribution is 5.84. The van der Waals surface area contributed by atoms with Gasteiger partial charge in [-0.25, -0.2) is 0 Å². The number of carbonyl (C=O) groups is 2. The Bertz CT molecular complexity index is 1060. The monoisotopic (exact) mass is 447 g/mol. The van der Waals surface area contributed by atoms with Gasteiger partial charge in [-0.15, -0.1) is 0 Å². The van der Waals surface area contributed by atoms with E-state index in [-0.39, 0.29) is 24.4 Å². The van der Waals surface area contributed by atoms with Crippen LogP contribution in [0.1, 0.15) is 37.6 Å². The van der Waals surface area contributed by atoms with E-state index in [0.717, 1.165) is 22.6 Å². The molecule has 1 aromatic heterocycles. The summed E-state index contributed by atoms with van der Waals surface area (Å²) in [7, 11) is 1.66. The highest BCUT2D eigenvalue weighted by Crippen LogP contribution is 2.17. The number of benzene rings is 2. The van der Waals surface area contributed by atoms with E-state index >= 15 is 0 Å². The number of amides is 2. The van der Waals surface area contributed by atoms with Crippen molar-refractivity contribution >= 4 is 11.8 Å². The Morgan fingerprint density at radius 3 is 2.33 bits per heavy atom. The predicted octanol–water partition coefficient (Wildman–Crippen LogP) is 4.33. The van der Waals surface area contributed by atoms with Gasteiger partial charge in [-0.05, 0) is 49.2 Å². The first kappa shape index (κ1) is 24.1. The van der Waals surface area contributed by atoms with Crippen molar-refractivity contribution in [3.05, 3.63) is 89.7 Å². The Morgan fingerprint density at radius 2 is 1.67 bits per heavy atom. The SMILES string of the molecule is COc1cccc(Cn2cccc2CN(Cc2ccccc2)C(=O)CN(C(C)=O)C(C)C)c1. The van der Waals surface area contributed by atoms with E-state index in [1.165, 1.54) is 6.92 Å². The maximum Gasteiger partial charge on any atom is 0.242 e. The van der Waals surface area contributed by atoms with Crippen molar-refractivity contribution in [2.75, 3.05) is 13.7 Å². The van der Waals surface area contributed by atoms with E-state index in [1.54, 1.807) is 12.0 Å². The third-order valence-corrected chi connectivity index (χ3v) is 5.67. The van der Waals surface area contributed by atoms with Gasteiger partial charge in [-0.3, -0.25) is 9.59 Å². The van der Waals surface area contributed by atoms with Crippen LogP contribution in [0.3, 0.4) is 0 Å². The molecule has 3 rings (SSSR count). The minimum atomic E-state index is -0.0978. The summed E-state index contributed by atoms with van der Waals surface area (Å²) < 4.78 is 7.49. The highest BCUT2D eigenvalue weighted by Gasteiger charge is 2.22. The number of hydrogen-bond donors (Lipinski definition) is 0. The van der Waals surface area contributed by atoms with Crippen LogP contribution in [0, 0.1) is 0 Å². The van der Waals surface area contributed by atoms with E-state index < -0.39 is 0 Å². The second-order valence-electron chi connectivity index (χ2n) is 8.46. The molecule has 2 aromatic carbocycles. The average molecular weight is 448 g/mol. The first-order chi connectivity index (χ1) is 15.9. The molecule has 0 atom stereocenters. The molecule has 2 amide bonds. The fraction of sp³-hybridized carbons (Fsp3) is 0.333. The van der Waals surface area contributed by atoms with Crippen LogP contribution in [0.25, 0.3) is 0 Å². The quantitative estimate of drug-likeness (QED) is 0.465. The van der Waals surface area contributed by atoms with E-state index in [1.807, 2.05) is 85.6 Å². The molecule has 0 fully saturated rings. The van der Waals surface area contributed by atoms with Crippen LogP contribution in [-0.4, -0.2) is 45.9 Å². The van der Waals surface area contributed by atoms with E-state index in [0.29, 0.717) is 19.6 Å². The standard InChI is InChI=1S/C27H33N3O3/c1-21(2)30(22(3)31)20-27(32)29(17-23-10-6-5-7-11-23)19-25-13-9-15-28(25)18-24-12-8-14-26(16-24)33-4/h5-16,21H,17-20H2,1-4H3. The van der Waals surface area contributed by atoms with Crippen molar-refractivity contribution in [2.45, 2.75) is 46.4 Å². The van der Waals surface area contributed by atoms with Gasteiger partial charge in [-0.1, -0.05) is 42.5 Å². The predicted molar refractivity (Wildman–Crippen MR) is 130 cm³/mol. The smallest absolute Gasteiger partial charge is 0.242 e. The number of methoxy groups -OCH3 is 1. The van der Waals surface area contributed by atoms with Gasteiger partial charge < -0.3 is 19.1 Å². The van der Waals surface area contributed by atoms with Gasteiger partial charge in [0.1, 0.15) is 5.75 Å². The zero-order valence-electron chi connectivity index (χ0n) is 19.9. The van der Waals surface area contributed by atoms with Crippen LogP contribution >= 0.6 is 0 Å². The number of ether oxygens (including phenoxy) is 1. The highest BCUT2D eigenvalue weighted by atomic mass is 16.5. The van der Waals surface area contributed by atoms with Gasteiger partial charge in [0, 0.05) is 37.9 Å². The normalized spacial score (nSPS) is 10.8. The number of nitrogens with zero attached hydrogens (tertiary/aromatic N) is 3. The minimum absolute atomic E-state index is 0.0399. The molecule has 0 aliphatic rings. The Morgan fingerprint density at radius 1 is 0.939 bits per heavy atom. The second-order valence-corrected chi connectivity index (χ2v) is 8.46. The fourth-order valence-corrected chi connectivity index (χ4v) is 3.85. The summed E-state index contributed by atoms with van der Waals surface area (Å²) in [6.45, 7) is 7.04. The molecule has 0 bridgehead atoms. The van der Waals surface area contributed by atoms with Gasteiger partial charge in [0.15, 0.2) is 0 Å². The molecule has 6 heteroatoms. The maximum atomic E-state index is 13.4. The Hall–Kier alpha value is -3.54. The van der Waals surface area contributed by atoms with Gasteiger partial charge in [-0.2, -0.15) is 0 Å². The first-order valence-electron chi connectivity index (χ1n) is 11.2. The largest absolute Gasteiger partial charge is 0.497 e. The van der Waals surface area contributed by atoms with Crippen LogP contribution in [0.15, 0.2) is 72.9 Å². The van der Waals surface area contributed by atoms with Gasteiger partial charge in [0.2, 0.25) is 11.8 Å². The number of aromatic nitrogens is 1. The molecule has 0 saturated carbocycles. The Balaban J connectivity index is 1.82. The lowest BCUT2D eigenvalue weighted by molar-refractivity contribution is -0.141. The van der Waals surface area contributed by atoms with Gasteiger partial charge in [0.05, 0.1) is 20.2 Å². The van der Waals surface area contributed by atoms with Crippen molar-refractivity contribution in [2.24, 2.45) is 0 Å². The molecule has 0 N–H and O–H groups in total. The molecule has 174 valence electrons. The van der Waals surface area contributed by atoms with Gasteiger partial charge >= 0.3 is 0 Å². The molecular formula is C27H33N3O3. The van der Waals surface area contributed by atoms with Crippen molar-refractivity contribution in [3.8, 4) is 5.75 Å². The fourth-order valence-electron chi connectivity index (χ4n) is 3.85. The third kappa shape index (κ3) is 6.72. The summed E-state index contributed by atoms with van der Waals surface area (Å²) in [5.41, 5.74) is 3.20. The van der Waals surface area contributed by atoms with Crippen LogP contribution in [0.2, 0.25) is 0 Å². The average Bonchev–Trinajstić information content (AvgIpc) is 3.23. The maximum absolute atomic E-state index is 13.4. The summed E-state index contributed by atoms with van der Waals surface area (Å²) >= 11 is 0. The van der Waals surface area contributed by atoms with Crippen molar-refractivity contribution in [3.63, 3.8) is 0 Å². The summed E-state index contributed by atoms with van der Waals surface area (Å²) in [6, 6.07) is 21.9. The molecule has 33 heavy (non-hydrogen) atoms. The molecule has 1 heterocycles. The second kappa shape index (κ2) is 11.4. The molecule has 0 spiro atoms. The molecule has 0 aliphatic heterocycles. The lowest BCUT2D eigenvalue weighted by atomic mass is 10.2. The Kier molecular flexibility index (Phi) is 8.30. The lowest BCUT2D eigenvalue weighted by Crippen LogP contribution is -2.44. The molecule has 6 nitrogen and oxygen atoms in total. The van der Waals surface area contributed by atoms with Crippen LogP contribution in [0.5, 0.6) is 5.75 Å². The van der Waals surface area contributed by atoms with E-state index in [2.05, 4.69) is 10.6 Å². The summed E-state index contributed by atoms with van der Waals surface area (Å²) in [6.07, 6.45) is 2.02. The van der Waals surface area contributed by atoms with Gasteiger partial charge in [0.25, 0.3) is 0 Å². The number of carbonyl (C=O) groups excluding carboxylic acids is 2. The Labute approximate surface area is 196 Å². The molecule has 0 saturated heterocycles. The van der Waals surface area contributed by atoms with E-state index in [4.69, 9.17) is 4.74 Å². The van der Waals surface area contributed by atoms with Crippen LogP contribution < -0.4 is 4.74 Å². The lowest BCUT2D eigenvalue weighted by Gasteiger charge is -2.29. The van der Waals surface area contributed by atoms with Crippen LogP contribution in [0.4, 0.5) is 0 Å². The minimum Gasteiger partial charge on any atom is -0.497 e. The zero-order valence-corrected chi connectivity index (χ0v) is 19.9. The van der Waals surface area contributed by atoms with Crippen molar-refractivity contribution in [1.82, 2.24) is 14.4 Å². The van der Waals surface area contributed by atoms with Crippen molar-refractivity contribution < 1.29 is 14.3 Å². The molecular weight excluding hydrogens is 414 g/mol. The summed E-state index contributed by atoms with van der Waals surface area (Å²) in [5, 5.41) is 0. The van der Waals surface area contributed by atoms with Crippen LogP contribution in [-0.2, 0) is 29.2 Å². The number of hydrogen-bond acceptors (Lipinski definition) is 3. The summed E-state index contributed by atoms with van der Waals surface area (Å²) in [4.78, 5) is 28.9. The zero-order chi connectivity index (χ0) is 23.8. The molecule has 3 aromatic rings. The number of rotatable bonds is 10. The molecule has 0 radical (unpaired) electrons. The molecule has 0 unspecified atom stereocenters. The third-order valence-electron chi connectivity index (χ3n) is 5.67. The topological polar surface area (TPSA) is 54.8 Å². The van der Waals surface area contributed by atoms with E-state index in [9.17, 15) is 9.59 Å². The van der Waals surface area contributed by atoms with Crippen molar-refractivity contribution in [1.29, 1.82) is 0 Å². The first-order valence-corrected chi connectivity index (χ1v) is 11.2. The summed E-state index contributed by atoms with van der Waals surface area (Å²) in [5.74, 6) is 0.649. The molecule has 0 aliphatic carbocycles.